The molecule has 1 atom stereocenters. The van der Waals surface area contributed by atoms with Crippen molar-refractivity contribution < 1.29 is 9.13 Å². The van der Waals surface area contributed by atoms with Crippen molar-refractivity contribution in [1.82, 2.24) is 0 Å². The fourth-order valence-corrected chi connectivity index (χ4v) is 1.75. The summed E-state index contributed by atoms with van der Waals surface area (Å²) in [5, 5.41) is 3.21. The molecule has 0 saturated carbocycles. The summed E-state index contributed by atoms with van der Waals surface area (Å²) in [6, 6.07) is 5.46. The Morgan fingerprint density at radius 3 is 3.14 bits per heavy atom. The second-order valence-corrected chi connectivity index (χ2v) is 3.49. The maximum atomic E-state index is 13.6. The van der Waals surface area contributed by atoms with Crippen molar-refractivity contribution >= 4 is 5.69 Å². The first-order valence-corrected chi connectivity index (χ1v) is 4.87. The van der Waals surface area contributed by atoms with Gasteiger partial charge in [0.15, 0.2) is 0 Å². The number of alkyl halides is 1. The number of nitrogens with one attached hydrogen (secondary N) is 1. The van der Waals surface area contributed by atoms with E-state index in [-0.39, 0.29) is 0 Å². The molecule has 0 spiro atoms. The summed E-state index contributed by atoms with van der Waals surface area (Å²) in [4.78, 5) is 0. The lowest BCUT2D eigenvalue weighted by atomic mass is 10.1. The van der Waals surface area contributed by atoms with Crippen LogP contribution in [0.15, 0.2) is 18.2 Å². The second kappa shape index (κ2) is 3.86. The molecule has 1 aromatic carbocycles. The van der Waals surface area contributed by atoms with E-state index in [1.807, 2.05) is 6.07 Å². The van der Waals surface area contributed by atoms with Crippen LogP contribution in [0, 0.1) is 0 Å². The van der Waals surface area contributed by atoms with Crippen molar-refractivity contribution in [2.45, 2.75) is 19.0 Å². The molecule has 1 aliphatic heterocycles. The normalized spacial score (nSPS) is 20.6. The molecular weight excluding hydrogens is 181 g/mol. The molecule has 0 amide bonds. The Labute approximate surface area is 83.1 Å². The third-order valence-corrected chi connectivity index (χ3v) is 2.55. The lowest BCUT2D eigenvalue weighted by molar-refractivity contribution is 0.324. The van der Waals surface area contributed by atoms with Gasteiger partial charge in [-0.25, -0.2) is 4.39 Å². The van der Waals surface area contributed by atoms with Gasteiger partial charge in [0.2, 0.25) is 0 Å². The first-order chi connectivity index (χ1) is 6.81. The van der Waals surface area contributed by atoms with Gasteiger partial charge in [-0.15, -0.1) is 0 Å². The lowest BCUT2D eigenvalue weighted by Gasteiger charge is -2.11. The largest absolute Gasteiger partial charge is 0.497 e. The summed E-state index contributed by atoms with van der Waals surface area (Å²) in [6.45, 7) is 0.834. The zero-order chi connectivity index (χ0) is 9.97. The Bertz CT molecular complexity index is 327. The van der Waals surface area contributed by atoms with Gasteiger partial charge in [-0.2, -0.15) is 0 Å². The maximum Gasteiger partial charge on any atom is 0.127 e. The fourth-order valence-electron chi connectivity index (χ4n) is 1.75. The number of ether oxygens (including phenoxy) is 1. The summed E-state index contributed by atoms with van der Waals surface area (Å²) in [7, 11) is 1.62. The van der Waals surface area contributed by atoms with Crippen LogP contribution in [-0.2, 0) is 0 Å². The standard InChI is InChI=1S/C11H14FNO/c1-14-8-4-5-9-10(12)3-2-6-13-11(9)7-8/h4-5,7,10,13H,2-3,6H2,1H3. The molecule has 1 aliphatic rings. The van der Waals surface area contributed by atoms with E-state index in [4.69, 9.17) is 4.74 Å². The third-order valence-electron chi connectivity index (χ3n) is 2.55. The van der Waals surface area contributed by atoms with Crippen molar-refractivity contribution in [2.24, 2.45) is 0 Å². The van der Waals surface area contributed by atoms with Crippen LogP contribution >= 0.6 is 0 Å². The van der Waals surface area contributed by atoms with E-state index in [9.17, 15) is 4.39 Å². The van der Waals surface area contributed by atoms with Gasteiger partial charge < -0.3 is 10.1 Å². The average molecular weight is 195 g/mol. The predicted molar refractivity (Wildman–Crippen MR) is 54.6 cm³/mol. The molecule has 0 aromatic heterocycles. The predicted octanol–water partition coefficient (Wildman–Crippen LogP) is 2.91. The van der Waals surface area contributed by atoms with Gasteiger partial charge in [0.25, 0.3) is 0 Å². The molecule has 76 valence electrons. The van der Waals surface area contributed by atoms with E-state index in [1.54, 1.807) is 19.2 Å². The smallest absolute Gasteiger partial charge is 0.127 e. The molecule has 2 nitrogen and oxygen atoms in total. The number of rotatable bonds is 1. The second-order valence-electron chi connectivity index (χ2n) is 3.49. The van der Waals surface area contributed by atoms with Gasteiger partial charge in [-0.05, 0) is 18.9 Å². The van der Waals surface area contributed by atoms with Crippen LogP contribution in [0.2, 0.25) is 0 Å². The lowest BCUT2D eigenvalue weighted by Crippen LogP contribution is -1.99. The van der Waals surface area contributed by atoms with E-state index in [2.05, 4.69) is 5.32 Å². The Balaban J connectivity index is 2.38. The van der Waals surface area contributed by atoms with Crippen LogP contribution in [0.1, 0.15) is 24.6 Å². The summed E-state index contributed by atoms with van der Waals surface area (Å²) in [5.41, 5.74) is 1.62. The molecule has 1 unspecified atom stereocenters. The van der Waals surface area contributed by atoms with Gasteiger partial charge in [0, 0.05) is 23.9 Å². The molecule has 0 fully saturated rings. The van der Waals surface area contributed by atoms with Gasteiger partial charge in [0.05, 0.1) is 7.11 Å². The van der Waals surface area contributed by atoms with Crippen molar-refractivity contribution in [3.8, 4) is 5.75 Å². The zero-order valence-corrected chi connectivity index (χ0v) is 8.22. The van der Waals surface area contributed by atoms with Crippen LogP contribution in [0.3, 0.4) is 0 Å². The molecule has 0 radical (unpaired) electrons. The topological polar surface area (TPSA) is 21.3 Å². The van der Waals surface area contributed by atoms with Gasteiger partial charge in [0.1, 0.15) is 11.9 Å². The molecule has 3 heteroatoms. The fraction of sp³-hybridized carbons (Fsp3) is 0.455. The molecular formula is C11H14FNO. The number of hydrogen-bond acceptors (Lipinski definition) is 2. The highest BCUT2D eigenvalue weighted by Crippen LogP contribution is 2.34. The summed E-state index contributed by atoms with van der Waals surface area (Å²) in [5.74, 6) is 0.769. The van der Waals surface area contributed by atoms with Crippen molar-refractivity contribution in [3.63, 3.8) is 0 Å². The minimum atomic E-state index is -0.842. The number of halogens is 1. The number of hydrogen-bond donors (Lipinski definition) is 1. The Morgan fingerprint density at radius 1 is 1.50 bits per heavy atom. The van der Waals surface area contributed by atoms with E-state index < -0.39 is 6.17 Å². The minimum absolute atomic E-state index is 0.604. The van der Waals surface area contributed by atoms with E-state index in [0.29, 0.717) is 6.42 Å². The Hall–Kier alpha value is -1.25. The van der Waals surface area contributed by atoms with Gasteiger partial charge >= 0.3 is 0 Å². The van der Waals surface area contributed by atoms with Crippen LogP contribution in [0.4, 0.5) is 10.1 Å². The van der Waals surface area contributed by atoms with E-state index in [0.717, 1.165) is 30.0 Å². The molecule has 0 bridgehead atoms. The quantitative estimate of drug-likeness (QED) is 0.744. The van der Waals surface area contributed by atoms with Gasteiger partial charge in [-0.1, -0.05) is 6.07 Å². The molecule has 1 heterocycles. The molecule has 0 aliphatic carbocycles. The first kappa shape index (κ1) is 9.31. The zero-order valence-electron chi connectivity index (χ0n) is 8.22. The molecule has 14 heavy (non-hydrogen) atoms. The molecule has 1 aromatic rings. The van der Waals surface area contributed by atoms with Crippen LogP contribution in [0.5, 0.6) is 5.75 Å². The molecule has 0 saturated heterocycles. The van der Waals surface area contributed by atoms with Gasteiger partial charge in [-0.3, -0.25) is 0 Å². The minimum Gasteiger partial charge on any atom is -0.497 e. The summed E-state index contributed by atoms with van der Waals surface area (Å²) >= 11 is 0. The van der Waals surface area contributed by atoms with Crippen molar-refractivity contribution in [2.75, 3.05) is 19.0 Å². The highest BCUT2D eigenvalue weighted by atomic mass is 19.1. The van der Waals surface area contributed by atoms with Crippen LogP contribution in [-0.4, -0.2) is 13.7 Å². The third kappa shape index (κ3) is 1.67. The number of fused-ring (bicyclic) bond motifs is 1. The Kier molecular flexibility index (Phi) is 2.57. The number of anilines is 1. The Morgan fingerprint density at radius 2 is 2.36 bits per heavy atom. The number of methoxy groups -OCH3 is 1. The monoisotopic (exact) mass is 195 g/mol. The highest BCUT2D eigenvalue weighted by Gasteiger charge is 2.17. The average Bonchev–Trinajstić information content (AvgIpc) is 2.40. The first-order valence-electron chi connectivity index (χ1n) is 4.87. The maximum absolute atomic E-state index is 13.6. The SMILES string of the molecule is COc1ccc2c(c1)NCCCC2F. The number of benzene rings is 1. The van der Waals surface area contributed by atoms with Crippen molar-refractivity contribution in [1.29, 1.82) is 0 Å². The van der Waals surface area contributed by atoms with E-state index >= 15 is 0 Å². The highest BCUT2D eigenvalue weighted by molar-refractivity contribution is 5.56. The van der Waals surface area contributed by atoms with Crippen LogP contribution in [0.25, 0.3) is 0 Å². The summed E-state index contributed by atoms with van der Waals surface area (Å²) < 4.78 is 18.7. The summed E-state index contributed by atoms with van der Waals surface area (Å²) in [6.07, 6.45) is 0.635. The van der Waals surface area contributed by atoms with E-state index in [1.165, 1.54) is 0 Å². The molecule has 2 rings (SSSR count). The van der Waals surface area contributed by atoms with Crippen LogP contribution < -0.4 is 10.1 Å². The van der Waals surface area contributed by atoms with Crippen molar-refractivity contribution in [3.05, 3.63) is 23.8 Å². The molecule has 1 N–H and O–H groups in total.